The van der Waals surface area contributed by atoms with Crippen molar-refractivity contribution >= 4 is 34.8 Å². The van der Waals surface area contributed by atoms with Crippen molar-refractivity contribution in [1.29, 1.82) is 0 Å². The van der Waals surface area contributed by atoms with E-state index in [2.05, 4.69) is 15.3 Å². The first kappa shape index (κ1) is 19.2. The van der Waals surface area contributed by atoms with Crippen LogP contribution in [0, 0.1) is 10.1 Å². The van der Waals surface area contributed by atoms with Crippen molar-refractivity contribution in [3.63, 3.8) is 0 Å². The molecule has 0 spiro atoms. The van der Waals surface area contributed by atoms with E-state index < -0.39 is 4.92 Å². The Balaban J connectivity index is 1.80. The van der Waals surface area contributed by atoms with Crippen LogP contribution in [0.4, 0.5) is 5.69 Å². The topological polar surface area (TPSA) is 105 Å². The molecule has 2 heterocycles. The van der Waals surface area contributed by atoms with E-state index >= 15 is 0 Å². The van der Waals surface area contributed by atoms with Crippen molar-refractivity contribution in [3.05, 3.63) is 57.1 Å². The molecule has 0 N–H and O–H groups in total. The third kappa shape index (κ3) is 3.52. The molecule has 3 aromatic rings. The maximum absolute atomic E-state index is 11.3. The number of ether oxygens (including phenoxy) is 2. The van der Waals surface area contributed by atoms with Gasteiger partial charge in [0.25, 0.3) is 0 Å². The van der Waals surface area contributed by atoms with Crippen LogP contribution in [0.1, 0.15) is 5.56 Å². The Bertz CT molecular complexity index is 1150. The summed E-state index contributed by atoms with van der Waals surface area (Å²) < 4.78 is 12.1. The summed E-state index contributed by atoms with van der Waals surface area (Å²) >= 11 is 7.49. The van der Waals surface area contributed by atoms with Crippen molar-refractivity contribution in [3.8, 4) is 22.9 Å². The summed E-state index contributed by atoms with van der Waals surface area (Å²) in [5, 5.41) is 25.6. The highest BCUT2D eigenvalue weighted by Gasteiger charge is 2.24. The van der Waals surface area contributed by atoms with Gasteiger partial charge in [-0.1, -0.05) is 23.4 Å². The first-order valence-corrected chi connectivity index (χ1v) is 9.71. The Morgan fingerprint density at radius 1 is 1.14 bits per heavy atom. The molecule has 0 saturated carbocycles. The number of benzene rings is 2. The molecular weight excluding hydrogens is 418 g/mol. The molecule has 1 aliphatic heterocycles. The fourth-order valence-corrected chi connectivity index (χ4v) is 3.90. The van der Waals surface area contributed by atoms with Gasteiger partial charge in [0.05, 0.1) is 30.4 Å². The number of hydrogen-bond acceptors (Lipinski definition) is 8. The number of hydrogen-bond donors (Lipinski definition) is 0. The molecule has 1 aromatic heterocycles. The molecule has 0 amide bonds. The Morgan fingerprint density at radius 2 is 1.93 bits per heavy atom. The number of nitro groups is 1. The van der Waals surface area contributed by atoms with Gasteiger partial charge in [0.2, 0.25) is 5.16 Å². The molecule has 2 aromatic carbocycles. The zero-order valence-electron chi connectivity index (χ0n) is 15.3. The van der Waals surface area contributed by atoms with Gasteiger partial charge in [-0.05, 0) is 30.3 Å². The number of nitrogens with zero attached hydrogens (tertiary/aromatic N) is 5. The van der Waals surface area contributed by atoms with Crippen molar-refractivity contribution < 1.29 is 14.4 Å². The molecule has 9 nitrogen and oxygen atoms in total. The van der Waals surface area contributed by atoms with Gasteiger partial charge in [-0.2, -0.15) is 9.78 Å². The summed E-state index contributed by atoms with van der Waals surface area (Å²) in [6, 6.07) is 9.95. The van der Waals surface area contributed by atoms with Gasteiger partial charge in [0.1, 0.15) is 5.75 Å². The second kappa shape index (κ2) is 7.72. The highest BCUT2D eigenvalue weighted by Crippen LogP contribution is 2.35. The van der Waals surface area contributed by atoms with Crippen LogP contribution >= 0.6 is 23.4 Å². The minimum absolute atomic E-state index is 0.119. The van der Waals surface area contributed by atoms with E-state index in [1.54, 1.807) is 42.1 Å². The minimum atomic E-state index is -0.479. The number of thioether (sulfide) groups is 1. The normalized spacial score (nSPS) is 12.9. The van der Waals surface area contributed by atoms with E-state index in [0.717, 1.165) is 0 Å². The minimum Gasteiger partial charge on any atom is -0.496 e. The summed E-state index contributed by atoms with van der Waals surface area (Å²) in [5.41, 5.74) is 1.84. The Kier molecular flexibility index (Phi) is 5.12. The van der Waals surface area contributed by atoms with Crippen LogP contribution in [0.25, 0.3) is 11.4 Å². The lowest BCUT2D eigenvalue weighted by atomic mass is 10.1. The molecule has 11 heteroatoms. The van der Waals surface area contributed by atoms with Crippen LogP contribution in [-0.2, 0) is 0 Å². The Morgan fingerprint density at radius 3 is 2.66 bits per heavy atom. The molecule has 0 fully saturated rings. The maximum Gasteiger partial charge on any atom is 0.311 e. The van der Waals surface area contributed by atoms with Crippen molar-refractivity contribution in [1.82, 2.24) is 14.9 Å². The highest BCUT2D eigenvalue weighted by molar-refractivity contribution is 7.99. The largest absolute Gasteiger partial charge is 0.496 e. The third-order valence-corrected chi connectivity index (χ3v) is 5.45. The van der Waals surface area contributed by atoms with Gasteiger partial charge in [-0.15, -0.1) is 10.2 Å². The standard InChI is InChI=1S/C18H14ClN5O4S/c1-27-15-6-3-10(7-14(15)24(25)26)13-9-29-18-21-20-17(23(18)22-13)12-5-4-11(19)8-16(12)28-2/h3-8H,9H2,1-2H3. The summed E-state index contributed by atoms with van der Waals surface area (Å²) in [5.74, 6) is 1.72. The number of fused-ring (bicyclic) bond motifs is 1. The summed E-state index contributed by atoms with van der Waals surface area (Å²) in [6.07, 6.45) is 0. The number of halogens is 1. The SMILES string of the molecule is COc1cc(Cl)ccc1-c1nnc2n1N=C(c1ccc(OC)c([N+](=O)[O-])c1)CS2. The third-order valence-electron chi connectivity index (χ3n) is 4.28. The van der Waals surface area contributed by atoms with Gasteiger partial charge in [0, 0.05) is 22.4 Å². The second-order valence-corrected chi connectivity index (χ2v) is 7.32. The zero-order chi connectivity index (χ0) is 20.5. The predicted molar refractivity (Wildman–Crippen MR) is 109 cm³/mol. The molecule has 0 unspecified atom stereocenters. The quantitative estimate of drug-likeness (QED) is 0.445. The number of aromatic nitrogens is 3. The van der Waals surface area contributed by atoms with Crippen LogP contribution < -0.4 is 9.47 Å². The van der Waals surface area contributed by atoms with Gasteiger partial charge in [-0.3, -0.25) is 10.1 Å². The molecule has 0 atom stereocenters. The lowest BCUT2D eigenvalue weighted by Crippen LogP contribution is -2.14. The molecule has 0 bridgehead atoms. The average Bonchev–Trinajstić information content (AvgIpc) is 3.16. The van der Waals surface area contributed by atoms with Crippen molar-refractivity contribution in [2.75, 3.05) is 20.0 Å². The molecule has 0 saturated heterocycles. The van der Waals surface area contributed by atoms with Gasteiger partial charge < -0.3 is 9.47 Å². The van der Waals surface area contributed by atoms with Crippen LogP contribution in [0.3, 0.4) is 0 Å². The van der Waals surface area contributed by atoms with E-state index in [0.29, 0.717) is 44.3 Å². The average molecular weight is 432 g/mol. The first-order chi connectivity index (χ1) is 14.0. The summed E-state index contributed by atoms with van der Waals surface area (Å²) in [6.45, 7) is 0. The smallest absolute Gasteiger partial charge is 0.311 e. The lowest BCUT2D eigenvalue weighted by Gasteiger charge is -2.15. The Labute approximate surface area is 174 Å². The summed E-state index contributed by atoms with van der Waals surface area (Å²) in [4.78, 5) is 10.9. The van der Waals surface area contributed by atoms with Gasteiger partial charge in [-0.25, -0.2) is 0 Å². The molecule has 4 rings (SSSR count). The van der Waals surface area contributed by atoms with Gasteiger partial charge in [0.15, 0.2) is 11.6 Å². The fraction of sp³-hybridized carbons (Fsp3) is 0.167. The second-order valence-electron chi connectivity index (χ2n) is 5.94. The Hall–Kier alpha value is -3.11. The van der Waals surface area contributed by atoms with E-state index in [-0.39, 0.29) is 11.4 Å². The molecule has 0 aliphatic carbocycles. The summed E-state index contributed by atoms with van der Waals surface area (Å²) in [7, 11) is 2.94. The van der Waals surface area contributed by atoms with Gasteiger partial charge >= 0.3 is 5.69 Å². The fourth-order valence-electron chi connectivity index (χ4n) is 2.90. The van der Waals surface area contributed by atoms with Crippen LogP contribution in [0.5, 0.6) is 11.5 Å². The molecule has 29 heavy (non-hydrogen) atoms. The molecule has 1 aliphatic rings. The highest BCUT2D eigenvalue weighted by atomic mass is 35.5. The number of nitro benzene ring substituents is 1. The number of methoxy groups -OCH3 is 2. The molecule has 148 valence electrons. The number of rotatable bonds is 5. The van der Waals surface area contributed by atoms with Crippen LogP contribution in [0.15, 0.2) is 46.7 Å². The predicted octanol–water partition coefficient (Wildman–Crippen LogP) is 3.88. The zero-order valence-corrected chi connectivity index (χ0v) is 16.9. The van der Waals surface area contributed by atoms with E-state index in [1.807, 2.05) is 0 Å². The van der Waals surface area contributed by atoms with Crippen molar-refractivity contribution in [2.45, 2.75) is 5.16 Å². The van der Waals surface area contributed by atoms with E-state index in [1.165, 1.54) is 24.9 Å². The van der Waals surface area contributed by atoms with Crippen molar-refractivity contribution in [2.24, 2.45) is 5.10 Å². The molecule has 0 radical (unpaired) electrons. The van der Waals surface area contributed by atoms with Crippen LogP contribution in [0.2, 0.25) is 5.02 Å². The van der Waals surface area contributed by atoms with E-state index in [9.17, 15) is 10.1 Å². The van der Waals surface area contributed by atoms with Crippen LogP contribution in [-0.4, -0.2) is 45.5 Å². The monoisotopic (exact) mass is 431 g/mol. The first-order valence-electron chi connectivity index (χ1n) is 8.34. The molecular formula is C18H14ClN5O4S. The van der Waals surface area contributed by atoms with E-state index in [4.69, 9.17) is 21.1 Å². The maximum atomic E-state index is 11.3. The lowest BCUT2D eigenvalue weighted by molar-refractivity contribution is -0.385.